The molecule has 0 saturated heterocycles. The molecular weight excluding hydrogens is 324 g/mol. The summed E-state index contributed by atoms with van der Waals surface area (Å²) in [6.45, 7) is 8.21. The number of carbonyl (C=O) groups is 1. The summed E-state index contributed by atoms with van der Waals surface area (Å²) in [6.07, 6.45) is 20.2. The SMILES string of the molecule is CCCCCCCCCCCCCCCCCC(=O)O.CCN(N)CC. The Bertz CT molecular complexity index is 269. The van der Waals surface area contributed by atoms with Crippen molar-refractivity contribution in [3.05, 3.63) is 0 Å². The fraction of sp³-hybridized carbons (Fsp3) is 0.955. The van der Waals surface area contributed by atoms with Crippen molar-refractivity contribution in [2.24, 2.45) is 5.84 Å². The third kappa shape index (κ3) is 28.2. The lowest BCUT2D eigenvalue weighted by Crippen LogP contribution is -2.29. The Hall–Kier alpha value is -0.610. The Morgan fingerprint density at radius 3 is 1.19 bits per heavy atom. The minimum Gasteiger partial charge on any atom is -0.481 e. The highest BCUT2D eigenvalue weighted by Crippen LogP contribution is 2.13. The molecule has 0 fully saturated rings. The van der Waals surface area contributed by atoms with Crippen molar-refractivity contribution in [3.8, 4) is 0 Å². The van der Waals surface area contributed by atoms with E-state index in [1.165, 1.54) is 83.5 Å². The first-order valence-corrected chi connectivity index (χ1v) is 11.3. The number of aliphatic carboxylic acids is 1. The predicted octanol–water partition coefficient (Wildman–Crippen LogP) is 6.53. The molecule has 0 heterocycles. The van der Waals surface area contributed by atoms with Gasteiger partial charge < -0.3 is 5.11 Å². The number of rotatable bonds is 18. The summed E-state index contributed by atoms with van der Waals surface area (Å²) in [5.41, 5.74) is 0. The average Bonchev–Trinajstić information content (AvgIpc) is 2.64. The second-order valence-corrected chi connectivity index (χ2v) is 7.31. The van der Waals surface area contributed by atoms with E-state index in [-0.39, 0.29) is 0 Å². The highest BCUT2D eigenvalue weighted by molar-refractivity contribution is 5.66. The fourth-order valence-corrected chi connectivity index (χ4v) is 2.87. The van der Waals surface area contributed by atoms with Gasteiger partial charge in [-0.15, -0.1) is 0 Å². The lowest BCUT2D eigenvalue weighted by atomic mass is 10.0. The third-order valence-corrected chi connectivity index (χ3v) is 4.81. The first-order chi connectivity index (χ1) is 12.6. The molecule has 26 heavy (non-hydrogen) atoms. The molecule has 0 unspecified atom stereocenters. The smallest absolute Gasteiger partial charge is 0.303 e. The maximum absolute atomic E-state index is 10.3. The Morgan fingerprint density at radius 2 is 0.962 bits per heavy atom. The molecule has 0 spiro atoms. The highest BCUT2D eigenvalue weighted by atomic mass is 16.4. The van der Waals surface area contributed by atoms with Gasteiger partial charge in [0, 0.05) is 19.5 Å². The lowest BCUT2D eigenvalue weighted by Gasteiger charge is -2.07. The normalized spacial score (nSPS) is 10.7. The third-order valence-electron chi connectivity index (χ3n) is 4.81. The van der Waals surface area contributed by atoms with Crippen LogP contribution in [0.25, 0.3) is 0 Å². The minimum atomic E-state index is -0.653. The van der Waals surface area contributed by atoms with E-state index in [1.54, 1.807) is 5.01 Å². The van der Waals surface area contributed by atoms with E-state index in [0.717, 1.165) is 25.9 Å². The van der Waals surface area contributed by atoms with Crippen molar-refractivity contribution in [1.29, 1.82) is 0 Å². The van der Waals surface area contributed by atoms with Crippen molar-refractivity contribution < 1.29 is 9.90 Å². The lowest BCUT2D eigenvalue weighted by molar-refractivity contribution is -0.137. The number of hydrazine groups is 1. The van der Waals surface area contributed by atoms with Crippen LogP contribution in [0.3, 0.4) is 0 Å². The second kappa shape index (κ2) is 24.4. The van der Waals surface area contributed by atoms with E-state index in [0.29, 0.717) is 6.42 Å². The van der Waals surface area contributed by atoms with Crippen LogP contribution in [-0.2, 0) is 4.79 Å². The Kier molecular flexibility index (Phi) is 25.9. The van der Waals surface area contributed by atoms with Crippen LogP contribution in [0.1, 0.15) is 124 Å². The maximum Gasteiger partial charge on any atom is 0.303 e. The fourth-order valence-electron chi connectivity index (χ4n) is 2.87. The van der Waals surface area contributed by atoms with Crippen LogP contribution in [0, 0.1) is 0 Å². The molecule has 4 heteroatoms. The summed E-state index contributed by atoms with van der Waals surface area (Å²) in [6, 6.07) is 0. The average molecular weight is 373 g/mol. The summed E-state index contributed by atoms with van der Waals surface area (Å²) >= 11 is 0. The van der Waals surface area contributed by atoms with E-state index in [4.69, 9.17) is 10.9 Å². The molecular formula is C22H48N2O2. The van der Waals surface area contributed by atoms with Gasteiger partial charge in [0.2, 0.25) is 0 Å². The van der Waals surface area contributed by atoms with Crippen molar-refractivity contribution in [1.82, 2.24) is 5.01 Å². The van der Waals surface area contributed by atoms with E-state index in [1.807, 2.05) is 13.8 Å². The van der Waals surface area contributed by atoms with Gasteiger partial charge in [-0.05, 0) is 6.42 Å². The molecule has 0 aromatic carbocycles. The molecule has 0 aliphatic carbocycles. The molecule has 0 saturated carbocycles. The van der Waals surface area contributed by atoms with Gasteiger partial charge in [-0.25, -0.2) is 5.01 Å². The van der Waals surface area contributed by atoms with Crippen LogP contribution in [-0.4, -0.2) is 29.2 Å². The Balaban J connectivity index is 0. The van der Waals surface area contributed by atoms with Gasteiger partial charge in [-0.2, -0.15) is 0 Å². The summed E-state index contributed by atoms with van der Waals surface area (Å²) in [7, 11) is 0. The van der Waals surface area contributed by atoms with Crippen LogP contribution >= 0.6 is 0 Å². The van der Waals surface area contributed by atoms with Gasteiger partial charge >= 0.3 is 5.97 Å². The number of nitrogens with two attached hydrogens (primary N) is 1. The predicted molar refractivity (Wildman–Crippen MR) is 114 cm³/mol. The first-order valence-electron chi connectivity index (χ1n) is 11.3. The van der Waals surface area contributed by atoms with Crippen LogP contribution in [0.5, 0.6) is 0 Å². The summed E-state index contributed by atoms with van der Waals surface area (Å²) < 4.78 is 0. The maximum atomic E-state index is 10.3. The monoisotopic (exact) mass is 372 g/mol. The molecule has 3 N–H and O–H groups in total. The van der Waals surface area contributed by atoms with Gasteiger partial charge in [0.05, 0.1) is 0 Å². The summed E-state index contributed by atoms with van der Waals surface area (Å²) in [4.78, 5) is 10.3. The number of carboxylic acid groups (broad SMARTS) is 1. The molecule has 0 aromatic heterocycles. The van der Waals surface area contributed by atoms with Crippen molar-refractivity contribution in [2.75, 3.05) is 13.1 Å². The van der Waals surface area contributed by atoms with Gasteiger partial charge in [0.25, 0.3) is 0 Å². The van der Waals surface area contributed by atoms with Gasteiger partial charge in [-0.1, -0.05) is 111 Å². The van der Waals surface area contributed by atoms with Crippen molar-refractivity contribution in [3.63, 3.8) is 0 Å². The van der Waals surface area contributed by atoms with Crippen LogP contribution in [0.4, 0.5) is 0 Å². The second-order valence-electron chi connectivity index (χ2n) is 7.31. The molecule has 0 radical (unpaired) electrons. The van der Waals surface area contributed by atoms with E-state index in [9.17, 15) is 4.79 Å². The van der Waals surface area contributed by atoms with E-state index < -0.39 is 5.97 Å². The number of unbranched alkanes of at least 4 members (excludes halogenated alkanes) is 14. The minimum absolute atomic E-state index is 0.345. The van der Waals surface area contributed by atoms with E-state index in [2.05, 4.69) is 6.92 Å². The van der Waals surface area contributed by atoms with Crippen molar-refractivity contribution in [2.45, 2.75) is 124 Å². The molecule has 0 aromatic rings. The van der Waals surface area contributed by atoms with Gasteiger partial charge in [0.15, 0.2) is 0 Å². The van der Waals surface area contributed by atoms with Crippen LogP contribution in [0.2, 0.25) is 0 Å². The number of carboxylic acids is 1. The first kappa shape index (κ1) is 27.6. The molecule has 0 aliphatic heterocycles. The van der Waals surface area contributed by atoms with E-state index >= 15 is 0 Å². The number of hydrogen-bond donors (Lipinski definition) is 2. The summed E-state index contributed by atoms with van der Waals surface area (Å²) in [5.74, 6) is 4.65. The van der Waals surface area contributed by atoms with Gasteiger partial charge in [-0.3, -0.25) is 10.6 Å². The van der Waals surface area contributed by atoms with Crippen LogP contribution in [0.15, 0.2) is 0 Å². The Labute approximate surface area is 163 Å². The van der Waals surface area contributed by atoms with Gasteiger partial charge in [0.1, 0.15) is 0 Å². The molecule has 0 rings (SSSR count). The zero-order chi connectivity index (χ0) is 19.9. The Morgan fingerprint density at radius 1 is 0.654 bits per heavy atom. The number of hydrogen-bond acceptors (Lipinski definition) is 3. The van der Waals surface area contributed by atoms with Crippen molar-refractivity contribution >= 4 is 5.97 Å². The summed E-state index contributed by atoms with van der Waals surface area (Å²) in [5, 5.41) is 10.3. The zero-order valence-corrected chi connectivity index (χ0v) is 18.1. The molecule has 0 bridgehead atoms. The standard InChI is InChI=1S/C18H36O2.C4H12N2/c1-2-3-4-5-6-7-8-9-10-11-12-13-14-15-16-17-18(19)20;1-3-6(5)4-2/h2-17H2,1H3,(H,19,20);3-5H2,1-2H3. The van der Waals surface area contributed by atoms with Crippen LogP contribution < -0.4 is 5.84 Å². The highest BCUT2D eigenvalue weighted by Gasteiger charge is 1.97. The quantitative estimate of drug-likeness (QED) is 0.163. The molecule has 158 valence electrons. The molecule has 4 nitrogen and oxygen atoms in total. The zero-order valence-electron chi connectivity index (χ0n) is 18.1. The largest absolute Gasteiger partial charge is 0.481 e. The topological polar surface area (TPSA) is 66.6 Å². The molecule has 0 atom stereocenters. The molecule has 0 aliphatic rings. The molecule has 0 amide bonds. The number of nitrogens with zero attached hydrogens (tertiary/aromatic N) is 1.